The lowest BCUT2D eigenvalue weighted by atomic mass is 10.0. The van der Waals surface area contributed by atoms with Crippen LogP contribution in [0.4, 0.5) is 0 Å². The standard InChI is InChI=1S/C9H15N3S/c1-8-2-4-12(5-3-8)13-9-6-10-11-7-9/h6-8H,2-5H2,1H3,(H,10,11). The van der Waals surface area contributed by atoms with E-state index in [0.717, 1.165) is 5.92 Å². The number of nitrogens with zero attached hydrogens (tertiary/aromatic N) is 2. The minimum atomic E-state index is 0.904. The van der Waals surface area contributed by atoms with Crippen molar-refractivity contribution in [1.82, 2.24) is 14.5 Å². The van der Waals surface area contributed by atoms with E-state index in [1.165, 1.54) is 30.8 Å². The van der Waals surface area contributed by atoms with E-state index in [2.05, 4.69) is 21.4 Å². The van der Waals surface area contributed by atoms with Gasteiger partial charge in [-0.15, -0.1) is 0 Å². The Hall–Kier alpha value is -0.480. The largest absolute Gasteiger partial charge is 0.285 e. The Morgan fingerprint density at radius 1 is 1.54 bits per heavy atom. The number of piperidine rings is 1. The number of hydrogen-bond donors (Lipinski definition) is 1. The lowest BCUT2D eigenvalue weighted by Gasteiger charge is -2.28. The van der Waals surface area contributed by atoms with Crippen LogP contribution in [0, 0.1) is 5.92 Å². The van der Waals surface area contributed by atoms with Gasteiger partial charge in [0.25, 0.3) is 0 Å². The van der Waals surface area contributed by atoms with Gasteiger partial charge in [-0.25, -0.2) is 4.31 Å². The average Bonchev–Trinajstić information content (AvgIpc) is 2.62. The number of rotatable bonds is 2. The molecule has 1 N–H and O–H groups in total. The Morgan fingerprint density at radius 3 is 2.92 bits per heavy atom. The Labute approximate surface area is 83.0 Å². The van der Waals surface area contributed by atoms with Crippen molar-refractivity contribution in [2.75, 3.05) is 13.1 Å². The Kier molecular flexibility index (Phi) is 2.90. The fourth-order valence-electron chi connectivity index (χ4n) is 1.51. The van der Waals surface area contributed by atoms with Crippen LogP contribution in [-0.4, -0.2) is 27.6 Å². The van der Waals surface area contributed by atoms with Crippen LogP contribution in [0.5, 0.6) is 0 Å². The second-order valence-corrected chi connectivity index (χ2v) is 4.81. The van der Waals surface area contributed by atoms with Gasteiger partial charge in [0, 0.05) is 19.3 Å². The van der Waals surface area contributed by atoms with E-state index in [9.17, 15) is 0 Å². The van der Waals surface area contributed by atoms with Crippen molar-refractivity contribution >= 4 is 11.9 Å². The van der Waals surface area contributed by atoms with Crippen molar-refractivity contribution in [2.45, 2.75) is 24.7 Å². The van der Waals surface area contributed by atoms with Gasteiger partial charge in [0.05, 0.1) is 11.1 Å². The highest BCUT2D eigenvalue weighted by Gasteiger charge is 2.16. The molecule has 2 rings (SSSR count). The van der Waals surface area contributed by atoms with E-state index < -0.39 is 0 Å². The summed E-state index contributed by atoms with van der Waals surface area (Å²) in [6.07, 6.45) is 6.47. The predicted octanol–water partition coefficient (Wildman–Crippen LogP) is 2.15. The highest BCUT2D eigenvalue weighted by Crippen LogP contribution is 2.26. The van der Waals surface area contributed by atoms with E-state index in [-0.39, 0.29) is 0 Å². The van der Waals surface area contributed by atoms with Crippen LogP contribution in [0.25, 0.3) is 0 Å². The molecular weight excluding hydrogens is 182 g/mol. The van der Waals surface area contributed by atoms with Gasteiger partial charge in [0.15, 0.2) is 0 Å². The maximum atomic E-state index is 3.93. The molecule has 72 valence electrons. The van der Waals surface area contributed by atoms with Crippen molar-refractivity contribution in [1.29, 1.82) is 0 Å². The molecule has 1 saturated heterocycles. The minimum absolute atomic E-state index is 0.904. The van der Waals surface area contributed by atoms with Gasteiger partial charge in [-0.1, -0.05) is 6.92 Å². The third-order valence-electron chi connectivity index (χ3n) is 2.45. The summed E-state index contributed by atoms with van der Waals surface area (Å²) in [4.78, 5) is 1.22. The molecule has 13 heavy (non-hydrogen) atoms. The molecule has 1 aliphatic heterocycles. The van der Waals surface area contributed by atoms with Gasteiger partial charge in [-0.05, 0) is 30.7 Å². The summed E-state index contributed by atoms with van der Waals surface area (Å²) >= 11 is 1.81. The van der Waals surface area contributed by atoms with Gasteiger partial charge in [-0.3, -0.25) is 5.10 Å². The number of aromatic nitrogens is 2. The summed E-state index contributed by atoms with van der Waals surface area (Å²) in [6, 6.07) is 0. The Morgan fingerprint density at radius 2 is 2.31 bits per heavy atom. The fraction of sp³-hybridized carbons (Fsp3) is 0.667. The van der Waals surface area contributed by atoms with Crippen LogP contribution in [0.3, 0.4) is 0 Å². The molecule has 0 bridgehead atoms. The van der Waals surface area contributed by atoms with Crippen molar-refractivity contribution in [3.8, 4) is 0 Å². The summed E-state index contributed by atoms with van der Waals surface area (Å²) < 4.78 is 2.42. The summed E-state index contributed by atoms with van der Waals surface area (Å²) in [5, 5.41) is 6.76. The van der Waals surface area contributed by atoms with Crippen LogP contribution < -0.4 is 0 Å². The average molecular weight is 197 g/mol. The molecule has 0 spiro atoms. The highest BCUT2D eigenvalue weighted by atomic mass is 32.2. The first-order valence-corrected chi connectivity index (χ1v) is 5.53. The number of nitrogens with one attached hydrogen (secondary N) is 1. The van der Waals surface area contributed by atoms with E-state index >= 15 is 0 Å². The molecule has 4 heteroatoms. The zero-order chi connectivity index (χ0) is 9.10. The van der Waals surface area contributed by atoms with E-state index in [1.807, 2.05) is 24.3 Å². The van der Waals surface area contributed by atoms with Crippen molar-refractivity contribution < 1.29 is 0 Å². The smallest absolute Gasteiger partial charge is 0.0636 e. The van der Waals surface area contributed by atoms with Crippen LogP contribution >= 0.6 is 11.9 Å². The van der Waals surface area contributed by atoms with Crippen LogP contribution in [0.15, 0.2) is 17.3 Å². The summed E-state index contributed by atoms with van der Waals surface area (Å²) in [6.45, 7) is 4.74. The van der Waals surface area contributed by atoms with Gasteiger partial charge >= 0.3 is 0 Å². The van der Waals surface area contributed by atoms with E-state index in [1.54, 1.807) is 0 Å². The van der Waals surface area contributed by atoms with Crippen LogP contribution in [0.2, 0.25) is 0 Å². The number of hydrogen-bond acceptors (Lipinski definition) is 3. The van der Waals surface area contributed by atoms with Gasteiger partial charge in [0.2, 0.25) is 0 Å². The fourth-order valence-corrected chi connectivity index (χ4v) is 2.41. The third kappa shape index (κ3) is 2.48. The van der Waals surface area contributed by atoms with Crippen molar-refractivity contribution in [3.05, 3.63) is 12.4 Å². The van der Waals surface area contributed by atoms with Gasteiger partial charge < -0.3 is 0 Å². The van der Waals surface area contributed by atoms with Crippen LogP contribution in [-0.2, 0) is 0 Å². The minimum Gasteiger partial charge on any atom is -0.285 e. The molecule has 1 fully saturated rings. The maximum absolute atomic E-state index is 3.93. The molecular formula is C9H15N3S. The SMILES string of the molecule is CC1CCN(Sc2cn[nH]c2)CC1. The molecule has 3 nitrogen and oxygen atoms in total. The van der Waals surface area contributed by atoms with Gasteiger partial charge in [-0.2, -0.15) is 5.10 Å². The monoisotopic (exact) mass is 197 g/mol. The Balaban J connectivity index is 1.83. The molecule has 0 atom stereocenters. The first-order valence-electron chi connectivity index (χ1n) is 4.76. The topological polar surface area (TPSA) is 31.9 Å². The molecule has 1 aliphatic rings. The lowest BCUT2D eigenvalue weighted by molar-refractivity contribution is 0.308. The quantitative estimate of drug-likeness (QED) is 0.737. The molecule has 0 unspecified atom stereocenters. The highest BCUT2D eigenvalue weighted by molar-refractivity contribution is 7.97. The molecule has 0 aliphatic carbocycles. The summed E-state index contributed by atoms with van der Waals surface area (Å²) in [5.41, 5.74) is 0. The zero-order valence-corrected chi connectivity index (χ0v) is 8.68. The second kappa shape index (κ2) is 4.15. The summed E-state index contributed by atoms with van der Waals surface area (Å²) in [7, 11) is 0. The molecule has 0 radical (unpaired) electrons. The first-order chi connectivity index (χ1) is 6.34. The van der Waals surface area contributed by atoms with E-state index in [4.69, 9.17) is 0 Å². The molecule has 2 heterocycles. The maximum Gasteiger partial charge on any atom is 0.0636 e. The number of H-pyrrole nitrogens is 1. The normalized spacial score (nSPS) is 20.7. The van der Waals surface area contributed by atoms with Gasteiger partial charge in [0.1, 0.15) is 0 Å². The van der Waals surface area contributed by atoms with Crippen molar-refractivity contribution in [3.63, 3.8) is 0 Å². The van der Waals surface area contributed by atoms with Crippen LogP contribution in [0.1, 0.15) is 19.8 Å². The molecule has 1 aromatic rings. The predicted molar refractivity (Wildman–Crippen MR) is 54.4 cm³/mol. The first kappa shape index (κ1) is 9.09. The third-order valence-corrected chi connectivity index (χ3v) is 3.51. The summed E-state index contributed by atoms with van der Waals surface area (Å²) in [5.74, 6) is 0.904. The zero-order valence-electron chi connectivity index (χ0n) is 7.86. The number of aromatic amines is 1. The molecule has 0 amide bonds. The molecule has 0 saturated carbocycles. The molecule has 1 aromatic heterocycles. The van der Waals surface area contributed by atoms with E-state index in [0.29, 0.717) is 0 Å². The Bertz CT molecular complexity index is 239. The second-order valence-electron chi connectivity index (χ2n) is 3.64. The lowest BCUT2D eigenvalue weighted by Crippen LogP contribution is -2.26. The van der Waals surface area contributed by atoms with Crippen molar-refractivity contribution in [2.24, 2.45) is 5.92 Å². The molecule has 0 aromatic carbocycles.